The van der Waals surface area contributed by atoms with Gasteiger partial charge in [0.25, 0.3) is 0 Å². The summed E-state index contributed by atoms with van der Waals surface area (Å²) in [4.78, 5) is 11.6. The van der Waals surface area contributed by atoms with Gasteiger partial charge in [-0.1, -0.05) is 55.9 Å². The molecular weight excluding hydrogens is 362 g/mol. The van der Waals surface area contributed by atoms with E-state index in [2.05, 4.69) is 43.1 Å². The van der Waals surface area contributed by atoms with Crippen molar-refractivity contribution in [1.82, 2.24) is 9.97 Å². The summed E-state index contributed by atoms with van der Waals surface area (Å²) in [6.07, 6.45) is 2.15. The van der Waals surface area contributed by atoms with Crippen molar-refractivity contribution in [3.63, 3.8) is 0 Å². The Bertz CT molecular complexity index is 908. The number of aromatic nitrogens is 2. The second-order valence-electron chi connectivity index (χ2n) is 6.96. The van der Waals surface area contributed by atoms with Crippen LogP contribution in [0.5, 0.6) is 0 Å². The standard InChI is InChI=1S/C20H23N3OS2/c1-12(2)15-10-14-16(11-24-15)26-19-17(14)18(21)22-20(23-19)25-9-8-13-6-4-3-5-7-13/h3-7,12,15H,8-11H2,1-2H3,(H2,21,22,23). The van der Waals surface area contributed by atoms with Crippen LogP contribution in [0.3, 0.4) is 0 Å². The average molecular weight is 386 g/mol. The number of benzene rings is 1. The van der Waals surface area contributed by atoms with Crippen LogP contribution in [-0.2, 0) is 24.2 Å². The van der Waals surface area contributed by atoms with E-state index in [4.69, 9.17) is 15.5 Å². The van der Waals surface area contributed by atoms with Gasteiger partial charge in [-0.25, -0.2) is 9.97 Å². The molecule has 1 atom stereocenters. The highest BCUT2D eigenvalue weighted by atomic mass is 32.2. The number of aryl methyl sites for hydroxylation is 1. The Morgan fingerprint density at radius 3 is 2.85 bits per heavy atom. The van der Waals surface area contributed by atoms with Crippen LogP contribution in [0.15, 0.2) is 35.5 Å². The minimum absolute atomic E-state index is 0.250. The number of anilines is 1. The fourth-order valence-corrected chi connectivity index (χ4v) is 5.31. The Labute approximate surface area is 162 Å². The van der Waals surface area contributed by atoms with E-state index in [0.717, 1.165) is 34.0 Å². The molecule has 3 heterocycles. The number of nitrogen functional groups attached to an aromatic ring is 1. The summed E-state index contributed by atoms with van der Waals surface area (Å²) in [5, 5.41) is 1.82. The average Bonchev–Trinajstić information content (AvgIpc) is 3.00. The molecule has 26 heavy (non-hydrogen) atoms. The SMILES string of the molecule is CC(C)C1Cc2c(sc3nc(SCCc4ccccc4)nc(N)c23)CO1. The molecule has 0 amide bonds. The van der Waals surface area contributed by atoms with Crippen molar-refractivity contribution in [2.45, 2.75) is 44.6 Å². The number of hydrogen-bond acceptors (Lipinski definition) is 6. The van der Waals surface area contributed by atoms with E-state index in [1.165, 1.54) is 16.0 Å². The van der Waals surface area contributed by atoms with Gasteiger partial charge in [-0.3, -0.25) is 0 Å². The predicted molar refractivity (Wildman–Crippen MR) is 110 cm³/mol. The van der Waals surface area contributed by atoms with Crippen LogP contribution in [0, 0.1) is 5.92 Å². The molecule has 0 aliphatic carbocycles. The van der Waals surface area contributed by atoms with Crippen molar-refractivity contribution in [1.29, 1.82) is 0 Å². The molecule has 1 aromatic carbocycles. The Morgan fingerprint density at radius 1 is 1.27 bits per heavy atom. The third-order valence-corrected chi connectivity index (χ3v) is 6.73. The minimum Gasteiger partial charge on any atom is -0.383 e. The lowest BCUT2D eigenvalue weighted by atomic mass is 9.96. The van der Waals surface area contributed by atoms with Gasteiger partial charge in [-0.15, -0.1) is 11.3 Å². The lowest BCUT2D eigenvalue weighted by Crippen LogP contribution is -2.26. The van der Waals surface area contributed by atoms with E-state index >= 15 is 0 Å². The second kappa shape index (κ2) is 7.55. The van der Waals surface area contributed by atoms with Crippen LogP contribution >= 0.6 is 23.1 Å². The normalized spacial score (nSPS) is 17.0. The third kappa shape index (κ3) is 3.59. The van der Waals surface area contributed by atoms with Crippen LogP contribution in [0.25, 0.3) is 10.2 Å². The van der Waals surface area contributed by atoms with Gasteiger partial charge in [0.2, 0.25) is 0 Å². The maximum Gasteiger partial charge on any atom is 0.190 e. The summed E-state index contributed by atoms with van der Waals surface area (Å²) >= 11 is 3.37. The number of thiophene rings is 1. The number of hydrogen-bond donors (Lipinski definition) is 1. The molecule has 0 spiro atoms. The van der Waals surface area contributed by atoms with E-state index < -0.39 is 0 Å². The number of thioether (sulfide) groups is 1. The van der Waals surface area contributed by atoms with Crippen LogP contribution in [-0.4, -0.2) is 21.8 Å². The largest absolute Gasteiger partial charge is 0.383 e. The first-order chi connectivity index (χ1) is 12.6. The van der Waals surface area contributed by atoms with Crippen LogP contribution in [0.4, 0.5) is 5.82 Å². The molecule has 4 nitrogen and oxygen atoms in total. The van der Waals surface area contributed by atoms with Crippen molar-refractivity contribution in [2.75, 3.05) is 11.5 Å². The molecule has 4 rings (SSSR count). The zero-order chi connectivity index (χ0) is 18.1. The van der Waals surface area contributed by atoms with Gasteiger partial charge in [0.05, 0.1) is 18.1 Å². The first-order valence-corrected chi connectivity index (χ1v) is 10.8. The quantitative estimate of drug-likeness (QED) is 0.509. The Morgan fingerprint density at radius 2 is 2.08 bits per heavy atom. The van der Waals surface area contributed by atoms with E-state index in [-0.39, 0.29) is 6.10 Å². The van der Waals surface area contributed by atoms with Crippen molar-refractivity contribution in [3.8, 4) is 0 Å². The van der Waals surface area contributed by atoms with Crippen molar-refractivity contribution in [2.24, 2.45) is 5.92 Å². The van der Waals surface area contributed by atoms with E-state index in [0.29, 0.717) is 18.3 Å². The number of fused-ring (bicyclic) bond motifs is 3. The van der Waals surface area contributed by atoms with E-state index in [1.54, 1.807) is 23.1 Å². The molecule has 0 saturated carbocycles. The molecule has 0 saturated heterocycles. The monoisotopic (exact) mass is 385 g/mol. The number of nitrogens with two attached hydrogens (primary N) is 1. The molecule has 1 unspecified atom stereocenters. The highest BCUT2D eigenvalue weighted by molar-refractivity contribution is 7.99. The van der Waals surface area contributed by atoms with Crippen molar-refractivity contribution < 1.29 is 4.74 Å². The highest BCUT2D eigenvalue weighted by Gasteiger charge is 2.27. The number of rotatable bonds is 5. The molecule has 0 radical (unpaired) electrons. The van der Waals surface area contributed by atoms with E-state index in [9.17, 15) is 0 Å². The summed E-state index contributed by atoms with van der Waals surface area (Å²) in [5.74, 6) is 2.05. The molecule has 2 aromatic heterocycles. The molecule has 136 valence electrons. The topological polar surface area (TPSA) is 61.0 Å². The Hall–Kier alpha value is -1.63. The summed E-state index contributed by atoms with van der Waals surface area (Å²) in [7, 11) is 0. The van der Waals surface area contributed by atoms with Crippen molar-refractivity contribution >= 4 is 39.1 Å². The first kappa shape index (κ1) is 17.8. The highest BCUT2D eigenvalue weighted by Crippen LogP contribution is 2.39. The van der Waals surface area contributed by atoms with Crippen LogP contribution in [0.2, 0.25) is 0 Å². The molecule has 3 aromatic rings. The van der Waals surface area contributed by atoms with Crippen molar-refractivity contribution in [3.05, 3.63) is 46.3 Å². The predicted octanol–water partition coefficient (Wildman–Crippen LogP) is 4.71. The van der Waals surface area contributed by atoms with Gasteiger partial charge >= 0.3 is 0 Å². The Balaban J connectivity index is 1.54. The summed E-state index contributed by atoms with van der Waals surface area (Å²) in [6.45, 7) is 5.06. The maximum atomic E-state index is 6.33. The summed E-state index contributed by atoms with van der Waals surface area (Å²) < 4.78 is 6.00. The van der Waals surface area contributed by atoms with Crippen LogP contribution < -0.4 is 5.73 Å². The van der Waals surface area contributed by atoms with Gasteiger partial charge < -0.3 is 10.5 Å². The molecular formula is C20H23N3OS2. The molecule has 0 fully saturated rings. The molecule has 1 aliphatic rings. The summed E-state index contributed by atoms with van der Waals surface area (Å²) in [6, 6.07) is 10.5. The zero-order valence-electron chi connectivity index (χ0n) is 15.1. The zero-order valence-corrected chi connectivity index (χ0v) is 16.7. The van der Waals surface area contributed by atoms with Gasteiger partial charge in [0, 0.05) is 17.1 Å². The van der Waals surface area contributed by atoms with Gasteiger partial charge in [0.15, 0.2) is 5.16 Å². The lowest BCUT2D eigenvalue weighted by Gasteiger charge is -2.26. The molecule has 0 bridgehead atoms. The van der Waals surface area contributed by atoms with Gasteiger partial charge in [-0.05, 0) is 23.5 Å². The third-order valence-electron chi connectivity index (χ3n) is 4.78. The minimum atomic E-state index is 0.250. The second-order valence-corrected chi connectivity index (χ2v) is 9.10. The fourth-order valence-electron chi connectivity index (χ4n) is 3.28. The first-order valence-electron chi connectivity index (χ1n) is 8.98. The Kier molecular flexibility index (Phi) is 5.16. The number of nitrogens with zero attached hydrogens (tertiary/aromatic N) is 2. The van der Waals surface area contributed by atoms with E-state index in [1.807, 2.05) is 6.07 Å². The molecule has 6 heteroatoms. The maximum absolute atomic E-state index is 6.33. The lowest BCUT2D eigenvalue weighted by molar-refractivity contribution is 0.00203. The molecule has 1 aliphatic heterocycles. The fraction of sp³-hybridized carbons (Fsp3) is 0.400. The van der Waals surface area contributed by atoms with Crippen LogP contribution in [0.1, 0.15) is 29.9 Å². The van der Waals surface area contributed by atoms with Gasteiger partial charge in [-0.2, -0.15) is 0 Å². The summed E-state index contributed by atoms with van der Waals surface area (Å²) in [5.41, 5.74) is 8.96. The smallest absolute Gasteiger partial charge is 0.190 e. The number of ether oxygens (including phenoxy) is 1. The molecule has 2 N–H and O–H groups in total. The van der Waals surface area contributed by atoms with Gasteiger partial charge in [0.1, 0.15) is 10.6 Å².